The molecule has 1 aromatic rings. The van der Waals surface area contributed by atoms with Gasteiger partial charge in [0, 0.05) is 18.2 Å². The van der Waals surface area contributed by atoms with Gasteiger partial charge in [-0.25, -0.2) is 8.78 Å². The lowest BCUT2D eigenvalue weighted by molar-refractivity contribution is 0.0735. The van der Waals surface area contributed by atoms with Crippen LogP contribution in [0.5, 0.6) is 0 Å². The average molecular weight is 267 g/mol. The standard InChI is InChI=1S/C15H19F2NO/c1-10(2)7-8-18(12-4-5-12)15(19)11-3-6-13(16)14(17)9-11/h3,6,9-10,12H,4-5,7-8H2,1-2H3. The van der Waals surface area contributed by atoms with Crippen LogP contribution in [-0.4, -0.2) is 23.4 Å². The van der Waals surface area contributed by atoms with Crippen molar-refractivity contribution in [2.75, 3.05) is 6.54 Å². The maximum absolute atomic E-state index is 13.2. The van der Waals surface area contributed by atoms with E-state index in [9.17, 15) is 13.6 Å². The molecule has 2 nitrogen and oxygen atoms in total. The highest BCUT2D eigenvalue weighted by Gasteiger charge is 2.33. The Kier molecular flexibility index (Phi) is 4.17. The van der Waals surface area contributed by atoms with Crippen LogP contribution in [0.15, 0.2) is 18.2 Å². The number of nitrogens with zero attached hydrogens (tertiary/aromatic N) is 1. The first-order valence-corrected chi connectivity index (χ1v) is 6.75. The summed E-state index contributed by atoms with van der Waals surface area (Å²) in [5.41, 5.74) is 0.231. The molecule has 0 radical (unpaired) electrons. The van der Waals surface area contributed by atoms with Crippen LogP contribution in [0, 0.1) is 17.6 Å². The van der Waals surface area contributed by atoms with Gasteiger partial charge < -0.3 is 4.90 Å². The van der Waals surface area contributed by atoms with Crippen molar-refractivity contribution >= 4 is 5.91 Å². The minimum atomic E-state index is -0.967. The SMILES string of the molecule is CC(C)CCN(C(=O)c1ccc(F)c(F)c1)C1CC1. The van der Waals surface area contributed by atoms with E-state index in [4.69, 9.17) is 0 Å². The molecule has 0 atom stereocenters. The van der Waals surface area contributed by atoms with E-state index in [1.54, 1.807) is 4.90 Å². The Morgan fingerprint density at radius 3 is 2.53 bits per heavy atom. The molecule has 1 saturated carbocycles. The largest absolute Gasteiger partial charge is 0.336 e. The molecule has 0 bridgehead atoms. The van der Waals surface area contributed by atoms with Crippen molar-refractivity contribution in [1.29, 1.82) is 0 Å². The normalized spacial score (nSPS) is 14.8. The highest BCUT2D eigenvalue weighted by molar-refractivity contribution is 5.94. The van der Waals surface area contributed by atoms with Gasteiger partial charge in [-0.1, -0.05) is 13.8 Å². The Labute approximate surface area is 112 Å². The summed E-state index contributed by atoms with van der Waals surface area (Å²) in [5.74, 6) is -1.57. The lowest BCUT2D eigenvalue weighted by Gasteiger charge is -2.23. The Bertz CT molecular complexity index is 469. The van der Waals surface area contributed by atoms with E-state index in [1.807, 2.05) is 0 Å². The summed E-state index contributed by atoms with van der Waals surface area (Å²) < 4.78 is 26.1. The van der Waals surface area contributed by atoms with Crippen molar-refractivity contribution in [3.05, 3.63) is 35.4 Å². The summed E-state index contributed by atoms with van der Waals surface area (Å²) in [6.07, 6.45) is 2.94. The summed E-state index contributed by atoms with van der Waals surface area (Å²) in [6.45, 7) is 4.89. The third-order valence-electron chi connectivity index (χ3n) is 3.36. The number of hydrogen-bond donors (Lipinski definition) is 0. The zero-order valence-electron chi connectivity index (χ0n) is 11.3. The number of carbonyl (C=O) groups excluding carboxylic acids is 1. The first-order chi connectivity index (χ1) is 8.99. The predicted octanol–water partition coefficient (Wildman–Crippen LogP) is 3.62. The van der Waals surface area contributed by atoms with Gasteiger partial charge in [-0.15, -0.1) is 0 Å². The zero-order valence-corrected chi connectivity index (χ0v) is 11.3. The highest BCUT2D eigenvalue weighted by Crippen LogP contribution is 2.29. The number of halogens is 2. The van der Waals surface area contributed by atoms with Gasteiger partial charge in [0.1, 0.15) is 0 Å². The van der Waals surface area contributed by atoms with E-state index in [-0.39, 0.29) is 17.5 Å². The zero-order chi connectivity index (χ0) is 14.0. The number of carbonyl (C=O) groups is 1. The maximum Gasteiger partial charge on any atom is 0.254 e. The highest BCUT2D eigenvalue weighted by atomic mass is 19.2. The molecule has 0 aliphatic heterocycles. The molecule has 104 valence electrons. The van der Waals surface area contributed by atoms with Gasteiger partial charge in [0.25, 0.3) is 5.91 Å². The molecule has 0 heterocycles. The molecule has 1 aliphatic carbocycles. The van der Waals surface area contributed by atoms with Gasteiger partial charge in [0.05, 0.1) is 0 Å². The second-order valence-corrected chi connectivity index (χ2v) is 5.54. The van der Waals surface area contributed by atoms with E-state index in [1.165, 1.54) is 6.07 Å². The van der Waals surface area contributed by atoms with Gasteiger partial charge in [-0.05, 0) is 43.4 Å². The molecule has 4 heteroatoms. The molecule has 1 aromatic carbocycles. The molecular weight excluding hydrogens is 248 g/mol. The summed E-state index contributed by atoms with van der Waals surface area (Å²) in [5, 5.41) is 0. The van der Waals surface area contributed by atoms with Crippen LogP contribution in [-0.2, 0) is 0 Å². The van der Waals surface area contributed by atoms with Crippen LogP contribution in [0.25, 0.3) is 0 Å². The lowest BCUT2D eigenvalue weighted by atomic mass is 10.1. The second-order valence-electron chi connectivity index (χ2n) is 5.54. The molecule has 0 saturated heterocycles. The van der Waals surface area contributed by atoms with Crippen molar-refractivity contribution < 1.29 is 13.6 Å². The van der Waals surface area contributed by atoms with E-state index < -0.39 is 11.6 Å². The Hall–Kier alpha value is -1.45. The summed E-state index contributed by atoms with van der Waals surface area (Å²) in [4.78, 5) is 14.1. The van der Waals surface area contributed by atoms with Crippen LogP contribution in [0.3, 0.4) is 0 Å². The van der Waals surface area contributed by atoms with Crippen molar-refractivity contribution in [2.45, 2.75) is 39.2 Å². The van der Waals surface area contributed by atoms with Crippen LogP contribution >= 0.6 is 0 Å². The fraction of sp³-hybridized carbons (Fsp3) is 0.533. The van der Waals surface area contributed by atoms with E-state index in [0.29, 0.717) is 12.5 Å². The Balaban J connectivity index is 2.12. The summed E-state index contributed by atoms with van der Waals surface area (Å²) in [7, 11) is 0. The van der Waals surface area contributed by atoms with E-state index in [0.717, 1.165) is 31.4 Å². The molecule has 0 spiro atoms. The molecule has 2 rings (SSSR count). The van der Waals surface area contributed by atoms with Gasteiger partial charge >= 0.3 is 0 Å². The smallest absolute Gasteiger partial charge is 0.254 e. The molecule has 0 aromatic heterocycles. The molecule has 1 fully saturated rings. The van der Waals surface area contributed by atoms with Crippen molar-refractivity contribution in [2.24, 2.45) is 5.92 Å². The average Bonchev–Trinajstić information content (AvgIpc) is 3.16. The lowest BCUT2D eigenvalue weighted by Crippen LogP contribution is -2.34. The molecule has 1 amide bonds. The number of benzene rings is 1. The predicted molar refractivity (Wildman–Crippen MR) is 69.9 cm³/mol. The fourth-order valence-electron chi connectivity index (χ4n) is 2.03. The van der Waals surface area contributed by atoms with Gasteiger partial charge in [0.15, 0.2) is 11.6 Å². The van der Waals surface area contributed by atoms with Crippen LogP contribution in [0.2, 0.25) is 0 Å². The van der Waals surface area contributed by atoms with Crippen LogP contribution in [0.4, 0.5) is 8.78 Å². The summed E-state index contributed by atoms with van der Waals surface area (Å²) >= 11 is 0. The van der Waals surface area contributed by atoms with Crippen LogP contribution < -0.4 is 0 Å². The van der Waals surface area contributed by atoms with Gasteiger partial charge in [-0.2, -0.15) is 0 Å². The minimum absolute atomic E-state index is 0.193. The monoisotopic (exact) mass is 267 g/mol. The molecule has 19 heavy (non-hydrogen) atoms. The second kappa shape index (κ2) is 5.68. The van der Waals surface area contributed by atoms with Crippen molar-refractivity contribution in [3.63, 3.8) is 0 Å². The summed E-state index contributed by atoms with van der Waals surface area (Å²) in [6, 6.07) is 3.63. The van der Waals surface area contributed by atoms with Gasteiger partial charge in [-0.3, -0.25) is 4.79 Å². The Morgan fingerprint density at radius 1 is 1.32 bits per heavy atom. The maximum atomic E-state index is 13.2. The number of rotatable bonds is 5. The molecule has 0 N–H and O–H groups in total. The quantitative estimate of drug-likeness (QED) is 0.798. The first kappa shape index (κ1) is 14.0. The number of hydrogen-bond acceptors (Lipinski definition) is 1. The molecular formula is C15H19F2NO. The van der Waals surface area contributed by atoms with Crippen molar-refractivity contribution in [3.8, 4) is 0 Å². The molecule has 0 unspecified atom stereocenters. The molecule has 1 aliphatic rings. The third kappa shape index (κ3) is 3.52. The third-order valence-corrected chi connectivity index (χ3v) is 3.36. The fourth-order valence-corrected chi connectivity index (χ4v) is 2.03. The van der Waals surface area contributed by atoms with Crippen molar-refractivity contribution in [1.82, 2.24) is 4.90 Å². The topological polar surface area (TPSA) is 20.3 Å². The minimum Gasteiger partial charge on any atom is -0.336 e. The number of amides is 1. The van der Waals surface area contributed by atoms with Crippen LogP contribution in [0.1, 0.15) is 43.5 Å². The first-order valence-electron chi connectivity index (χ1n) is 6.75. The van der Waals surface area contributed by atoms with Gasteiger partial charge in [0.2, 0.25) is 0 Å². The Morgan fingerprint density at radius 2 is 2.00 bits per heavy atom. The van der Waals surface area contributed by atoms with E-state index in [2.05, 4.69) is 13.8 Å². The van der Waals surface area contributed by atoms with E-state index >= 15 is 0 Å².